The van der Waals surface area contributed by atoms with E-state index in [0.717, 1.165) is 70.3 Å². The van der Waals surface area contributed by atoms with Crippen LogP contribution in [-0.4, -0.2) is 50.2 Å². The number of anilines is 3. The molecule has 2 aromatic carbocycles. The van der Waals surface area contributed by atoms with E-state index in [-0.39, 0.29) is 0 Å². The van der Waals surface area contributed by atoms with E-state index in [4.69, 9.17) is 9.72 Å². The zero-order chi connectivity index (χ0) is 24.6. The van der Waals surface area contributed by atoms with E-state index in [1.165, 1.54) is 0 Å². The van der Waals surface area contributed by atoms with Gasteiger partial charge in [0.15, 0.2) is 5.82 Å². The van der Waals surface area contributed by atoms with Gasteiger partial charge in [0.2, 0.25) is 0 Å². The topological polar surface area (TPSA) is 93.0 Å². The molecule has 0 spiro atoms. The molecule has 1 saturated heterocycles. The molecule has 0 unspecified atom stereocenters. The largest absolute Gasteiger partial charge is 0.457 e. The zero-order valence-electron chi connectivity index (χ0n) is 20.6. The summed E-state index contributed by atoms with van der Waals surface area (Å²) in [6.07, 6.45) is 3.37. The van der Waals surface area contributed by atoms with Crippen LogP contribution in [0.3, 0.4) is 0 Å². The van der Waals surface area contributed by atoms with Gasteiger partial charge in [-0.05, 0) is 61.9 Å². The molecule has 9 heteroatoms. The van der Waals surface area contributed by atoms with Gasteiger partial charge in [-0.2, -0.15) is 0 Å². The Balaban J connectivity index is 1.25. The Morgan fingerprint density at radius 2 is 1.94 bits per heavy atom. The first kappa shape index (κ1) is 22.2. The Labute approximate surface area is 209 Å². The van der Waals surface area contributed by atoms with Crippen molar-refractivity contribution in [1.82, 2.24) is 29.8 Å². The van der Waals surface area contributed by atoms with Crippen LogP contribution in [0.5, 0.6) is 11.5 Å². The van der Waals surface area contributed by atoms with Crippen LogP contribution in [0.4, 0.5) is 17.3 Å². The molecule has 0 radical (unpaired) electrons. The number of hydrogen-bond acceptors (Lipinski definition) is 8. The van der Waals surface area contributed by atoms with Crippen LogP contribution >= 0.6 is 0 Å². The second-order valence-corrected chi connectivity index (χ2v) is 9.22. The third-order valence-corrected chi connectivity index (χ3v) is 6.63. The van der Waals surface area contributed by atoms with Gasteiger partial charge in [-0.3, -0.25) is 0 Å². The Morgan fingerprint density at radius 3 is 2.81 bits per heavy atom. The number of fused-ring (bicyclic) bond motifs is 2. The standard InChI is InChI=1S/C27H28N8O/c1-17-12-19(4-8-24(17)36-20-5-7-23-22(13-20)31-16-34(23)3)32-27-26-21(29-15-30-27)6-9-25(33-26)35-11-10-28-14-18(35)2/h4-9,12-13,15-16,18,28H,10-11,14H2,1-3H3,(H,29,30,32)/t18-/m0/s1. The number of rotatable bonds is 5. The van der Waals surface area contributed by atoms with E-state index in [2.05, 4.69) is 37.4 Å². The fourth-order valence-corrected chi connectivity index (χ4v) is 4.65. The van der Waals surface area contributed by atoms with Gasteiger partial charge in [-0.15, -0.1) is 0 Å². The SMILES string of the molecule is Cc1cc(Nc2ncnc3ccc(N4CCNC[C@@H]4C)nc23)ccc1Oc1ccc2c(c1)ncn2C. The maximum absolute atomic E-state index is 6.17. The monoisotopic (exact) mass is 480 g/mol. The van der Waals surface area contributed by atoms with Crippen molar-refractivity contribution in [2.24, 2.45) is 7.05 Å². The molecule has 182 valence electrons. The Hall–Kier alpha value is -4.24. The molecule has 3 aromatic heterocycles. The van der Waals surface area contributed by atoms with E-state index in [0.29, 0.717) is 11.9 Å². The number of aryl methyl sites for hydroxylation is 2. The second-order valence-electron chi connectivity index (χ2n) is 9.22. The van der Waals surface area contributed by atoms with Crippen molar-refractivity contribution in [3.63, 3.8) is 0 Å². The van der Waals surface area contributed by atoms with Crippen LogP contribution in [0.15, 0.2) is 61.2 Å². The van der Waals surface area contributed by atoms with E-state index in [1.54, 1.807) is 12.7 Å². The average molecular weight is 481 g/mol. The van der Waals surface area contributed by atoms with E-state index in [1.807, 2.05) is 67.1 Å². The minimum atomic E-state index is 0.373. The normalized spacial score (nSPS) is 16.0. The smallest absolute Gasteiger partial charge is 0.160 e. The summed E-state index contributed by atoms with van der Waals surface area (Å²) < 4.78 is 8.16. The average Bonchev–Trinajstić information content (AvgIpc) is 3.26. The molecule has 1 fully saturated rings. The van der Waals surface area contributed by atoms with Crippen LogP contribution in [0.2, 0.25) is 0 Å². The number of pyridine rings is 1. The van der Waals surface area contributed by atoms with Gasteiger partial charge < -0.3 is 24.8 Å². The molecule has 4 heterocycles. The van der Waals surface area contributed by atoms with Crippen LogP contribution in [-0.2, 0) is 7.05 Å². The first-order valence-electron chi connectivity index (χ1n) is 12.1. The van der Waals surface area contributed by atoms with Crippen LogP contribution in [0.1, 0.15) is 12.5 Å². The van der Waals surface area contributed by atoms with Gasteiger partial charge >= 0.3 is 0 Å². The minimum absolute atomic E-state index is 0.373. The molecule has 0 amide bonds. The van der Waals surface area contributed by atoms with Gasteiger partial charge in [-0.25, -0.2) is 19.9 Å². The summed E-state index contributed by atoms with van der Waals surface area (Å²) in [5, 5.41) is 6.86. The summed E-state index contributed by atoms with van der Waals surface area (Å²) in [6.45, 7) is 7.05. The summed E-state index contributed by atoms with van der Waals surface area (Å²) in [4.78, 5) is 20.6. The van der Waals surface area contributed by atoms with Crippen molar-refractivity contribution in [3.8, 4) is 11.5 Å². The number of nitrogens with zero attached hydrogens (tertiary/aromatic N) is 6. The lowest BCUT2D eigenvalue weighted by Gasteiger charge is -2.35. The number of piperazine rings is 1. The van der Waals surface area contributed by atoms with Gasteiger partial charge in [0, 0.05) is 44.5 Å². The van der Waals surface area contributed by atoms with Crippen LogP contribution in [0.25, 0.3) is 22.1 Å². The molecular weight excluding hydrogens is 452 g/mol. The fourth-order valence-electron chi connectivity index (χ4n) is 4.65. The van der Waals surface area contributed by atoms with E-state index < -0.39 is 0 Å². The van der Waals surface area contributed by atoms with Crippen molar-refractivity contribution < 1.29 is 4.74 Å². The van der Waals surface area contributed by atoms with Crippen molar-refractivity contribution in [2.75, 3.05) is 29.9 Å². The number of ether oxygens (including phenoxy) is 1. The molecule has 1 aliphatic heterocycles. The maximum Gasteiger partial charge on any atom is 0.160 e. The molecule has 2 N–H and O–H groups in total. The summed E-state index contributed by atoms with van der Waals surface area (Å²) in [7, 11) is 1.98. The highest BCUT2D eigenvalue weighted by Crippen LogP contribution is 2.31. The lowest BCUT2D eigenvalue weighted by molar-refractivity contribution is 0.479. The predicted molar refractivity (Wildman–Crippen MR) is 142 cm³/mol. The fraction of sp³-hybridized carbons (Fsp3) is 0.259. The molecule has 1 aliphatic rings. The van der Waals surface area contributed by atoms with Crippen molar-refractivity contribution in [1.29, 1.82) is 0 Å². The van der Waals surface area contributed by atoms with Crippen molar-refractivity contribution >= 4 is 39.4 Å². The van der Waals surface area contributed by atoms with Crippen molar-refractivity contribution in [2.45, 2.75) is 19.9 Å². The summed E-state index contributed by atoms with van der Waals surface area (Å²) in [6, 6.07) is 16.4. The molecule has 9 nitrogen and oxygen atoms in total. The van der Waals surface area contributed by atoms with Crippen molar-refractivity contribution in [3.05, 3.63) is 66.7 Å². The highest BCUT2D eigenvalue weighted by Gasteiger charge is 2.20. The highest BCUT2D eigenvalue weighted by atomic mass is 16.5. The number of hydrogen-bond donors (Lipinski definition) is 2. The molecular formula is C27H28N8O. The quantitative estimate of drug-likeness (QED) is 0.378. The van der Waals surface area contributed by atoms with Gasteiger partial charge in [0.1, 0.15) is 29.2 Å². The molecule has 1 atom stereocenters. The third-order valence-electron chi connectivity index (χ3n) is 6.63. The van der Waals surface area contributed by atoms with Gasteiger partial charge in [0.05, 0.1) is 22.9 Å². The molecule has 0 bridgehead atoms. The lowest BCUT2D eigenvalue weighted by Crippen LogP contribution is -2.50. The maximum atomic E-state index is 6.17. The van der Waals surface area contributed by atoms with Crippen LogP contribution < -0.4 is 20.3 Å². The van der Waals surface area contributed by atoms with E-state index in [9.17, 15) is 0 Å². The molecule has 6 rings (SSSR count). The Kier molecular flexibility index (Phi) is 5.61. The molecule has 0 saturated carbocycles. The molecule has 0 aliphatic carbocycles. The molecule has 5 aromatic rings. The first-order valence-corrected chi connectivity index (χ1v) is 12.1. The van der Waals surface area contributed by atoms with Gasteiger partial charge in [0.25, 0.3) is 0 Å². The summed E-state index contributed by atoms with van der Waals surface area (Å²) >= 11 is 0. The number of imidazole rings is 1. The van der Waals surface area contributed by atoms with E-state index >= 15 is 0 Å². The summed E-state index contributed by atoms with van der Waals surface area (Å²) in [5.41, 5.74) is 5.44. The third kappa shape index (κ3) is 4.18. The number of benzene rings is 2. The lowest BCUT2D eigenvalue weighted by atomic mass is 10.2. The Bertz CT molecular complexity index is 1560. The summed E-state index contributed by atoms with van der Waals surface area (Å²) in [5.74, 6) is 3.17. The van der Waals surface area contributed by atoms with Gasteiger partial charge in [-0.1, -0.05) is 0 Å². The number of nitrogens with one attached hydrogen (secondary N) is 2. The molecule has 36 heavy (non-hydrogen) atoms. The number of aromatic nitrogens is 5. The predicted octanol–water partition coefficient (Wildman–Crippen LogP) is 4.55. The first-order chi connectivity index (χ1) is 17.5. The Morgan fingerprint density at radius 1 is 1.03 bits per heavy atom. The van der Waals surface area contributed by atoms with Crippen LogP contribution in [0, 0.1) is 6.92 Å². The zero-order valence-corrected chi connectivity index (χ0v) is 20.6. The second kappa shape index (κ2) is 9.09. The highest BCUT2D eigenvalue weighted by molar-refractivity contribution is 5.88. The minimum Gasteiger partial charge on any atom is -0.457 e.